The van der Waals surface area contributed by atoms with Gasteiger partial charge < -0.3 is 14.9 Å². The van der Waals surface area contributed by atoms with Crippen LogP contribution < -0.4 is 5.32 Å². The largest absolute Gasteiger partial charge is 0.465 e. The van der Waals surface area contributed by atoms with Crippen molar-refractivity contribution in [1.82, 2.24) is 20.4 Å². The molecule has 1 atom stereocenters. The zero-order valence-electron chi connectivity index (χ0n) is 11.2. The SMILES string of the molecule is O=C1NCCN(C(=O)O)C1c1nc(-c2cccc(Cl)c2)no1. The normalized spacial score (nSPS) is 18.1. The average molecular weight is 323 g/mol. The van der Waals surface area contributed by atoms with E-state index in [-0.39, 0.29) is 24.8 Å². The van der Waals surface area contributed by atoms with Gasteiger partial charge in [0.15, 0.2) is 6.04 Å². The number of halogens is 1. The molecule has 1 saturated heterocycles. The van der Waals surface area contributed by atoms with Gasteiger partial charge in [-0.05, 0) is 12.1 Å². The predicted molar refractivity (Wildman–Crippen MR) is 75.2 cm³/mol. The van der Waals surface area contributed by atoms with Crippen molar-refractivity contribution < 1.29 is 19.2 Å². The third kappa shape index (κ3) is 2.60. The molecule has 8 nitrogen and oxygen atoms in total. The van der Waals surface area contributed by atoms with Crippen molar-refractivity contribution >= 4 is 23.6 Å². The quantitative estimate of drug-likeness (QED) is 0.868. The molecule has 3 rings (SSSR count). The third-order valence-electron chi connectivity index (χ3n) is 3.22. The number of piperazine rings is 1. The molecule has 0 radical (unpaired) electrons. The Bertz CT molecular complexity index is 732. The number of carbonyl (C=O) groups is 2. The standard InChI is InChI=1S/C13H11ClN4O4/c14-8-3-1-2-7(6-8)10-16-12(22-17-10)9-11(19)15-4-5-18(9)13(20)21/h1-3,6,9H,4-5H2,(H,15,19)(H,20,21). The number of amides is 2. The predicted octanol–water partition coefficient (Wildman–Crippen LogP) is 1.54. The Balaban J connectivity index is 1.95. The molecule has 1 aromatic carbocycles. The van der Waals surface area contributed by atoms with Crippen LogP contribution in [0, 0.1) is 0 Å². The molecule has 0 spiro atoms. The van der Waals surface area contributed by atoms with Crippen LogP contribution in [0.25, 0.3) is 11.4 Å². The zero-order valence-corrected chi connectivity index (χ0v) is 11.9. The van der Waals surface area contributed by atoms with Crippen LogP contribution in [0.1, 0.15) is 11.9 Å². The molecule has 0 bridgehead atoms. The molecule has 1 aliphatic heterocycles. The van der Waals surface area contributed by atoms with Gasteiger partial charge in [0.1, 0.15) is 0 Å². The van der Waals surface area contributed by atoms with E-state index in [1.807, 2.05) is 0 Å². The minimum absolute atomic E-state index is 0.0745. The van der Waals surface area contributed by atoms with Crippen molar-refractivity contribution in [3.8, 4) is 11.4 Å². The second-order valence-corrected chi connectivity index (χ2v) is 5.07. The van der Waals surface area contributed by atoms with E-state index in [4.69, 9.17) is 16.1 Å². The summed E-state index contributed by atoms with van der Waals surface area (Å²) in [5.41, 5.74) is 0.612. The molecule has 2 aromatic rings. The molecule has 1 aliphatic rings. The highest BCUT2D eigenvalue weighted by molar-refractivity contribution is 6.30. The highest BCUT2D eigenvalue weighted by atomic mass is 35.5. The maximum Gasteiger partial charge on any atom is 0.408 e. The van der Waals surface area contributed by atoms with Crippen LogP contribution in [0.15, 0.2) is 28.8 Å². The summed E-state index contributed by atoms with van der Waals surface area (Å²) in [4.78, 5) is 28.3. The highest BCUT2D eigenvalue weighted by Crippen LogP contribution is 2.25. The van der Waals surface area contributed by atoms with E-state index in [1.54, 1.807) is 24.3 Å². The topological polar surface area (TPSA) is 109 Å². The van der Waals surface area contributed by atoms with Crippen LogP contribution in [0.3, 0.4) is 0 Å². The van der Waals surface area contributed by atoms with Crippen molar-refractivity contribution in [2.24, 2.45) is 0 Å². The molecular formula is C13H11ClN4O4. The molecule has 0 aliphatic carbocycles. The molecule has 1 unspecified atom stereocenters. The lowest BCUT2D eigenvalue weighted by atomic mass is 10.2. The Labute approximate surface area is 129 Å². The van der Waals surface area contributed by atoms with Gasteiger partial charge in [-0.2, -0.15) is 4.98 Å². The molecule has 2 N–H and O–H groups in total. The van der Waals surface area contributed by atoms with Crippen LogP contribution in [0.5, 0.6) is 0 Å². The van der Waals surface area contributed by atoms with Gasteiger partial charge in [-0.1, -0.05) is 28.9 Å². The number of nitrogens with one attached hydrogen (secondary N) is 1. The van der Waals surface area contributed by atoms with Crippen LogP contribution in [0.4, 0.5) is 4.79 Å². The number of carbonyl (C=O) groups excluding carboxylic acids is 1. The number of benzene rings is 1. The molecule has 2 heterocycles. The molecular weight excluding hydrogens is 312 g/mol. The number of nitrogens with zero attached hydrogens (tertiary/aromatic N) is 3. The van der Waals surface area contributed by atoms with E-state index in [1.165, 1.54) is 0 Å². The fraction of sp³-hybridized carbons (Fsp3) is 0.231. The lowest BCUT2D eigenvalue weighted by Crippen LogP contribution is -2.51. The number of rotatable bonds is 2. The summed E-state index contributed by atoms with van der Waals surface area (Å²) in [7, 11) is 0. The van der Waals surface area contributed by atoms with E-state index >= 15 is 0 Å². The van der Waals surface area contributed by atoms with Gasteiger partial charge in [0.2, 0.25) is 5.82 Å². The first-order chi connectivity index (χ1) is 10.6. The van der Waals surface area contributed by atoms with Crippen molar-refractivity contribution in [1.29, 1.82) is 0 Å². The maximum absolute atomic E-state index is 11.9. The van der Waals surface area contributed by atoms with E-state index in [9.17, 15) is 14.7 Å². The maximum atomic E-state index is 11.9. The van der Waals surface area contributed by atoms with E-state index < -0.39 is 18.0 Å². The first-order valence-electron chi connectivity index (χ1n) is 6.43. The molecule has 9 heteroatoms. The fourth-order valence-electron chi connectivity index (χ4n) is 2.21. The molecule has 2 amide bonds. The van der Waals surface area contributed by atoms with E-state index in [2.05, 4.69) is 15.5 Å². The van der Waals surface area contributed by atoms with Crippen molar-refractivity contribution in [2.45, 2.75) is 6.04 Å². The molecule has 114 valence electrons. The minimum Gasteiger partial charge on any atom is -0.465 e. The van der Waals surface area contributed by atoms with Crippen LogP contribution in [-0.2, 0) is 4.79 Å². The summed E-state index contributed by atoms with van der Waals surface area (Å²) in [6.45, 7) is 0.400. The second-order valence-electron chi connectivity index (χ2n) is 4.64. The fourth-order valence-corrected chi connectivity index (χ4v) is 2.40. The van der Waals surface area contributed by atoms with Crippen molar-refractivity contribution in [2.75, 3.05) is 13.1 Å². The van der Waals surface area contributed by atoms with Gasteiger partial charge >= 0.3 is 6.09 Å². The average Bonchev–Trinajstić information content (AvgIpc) is 2.96. The Morgan fingerprint density at radius 2 is 2.32 bits per heavy atom. The van der Waals surface area contributed by atoms with Crippen molar-refractivity contribution in [3.63, 3.8) is 0 Å². The lowest BCUT2D eigenvalue weighted by molar-refractivity contribution is -0.129. The number of hydrogen-bond acceptors (Lipinski definition) is 5. The molecule has 22 heavy (non-hydrogen) atoms. The summed E-state index contributed by atoms with van der Waals surface area (Å²) in [6.07, 6.45) is -1.22. The zero-order chi connectivity index (χ0) is 15.7. The van der Waals surface area contributed by atoms with E-state index in [0.29, 0.717) is 10.6 Å². The third-order valence-corrected chi connectivity index (χ3v) is 3.45. The summed E-state index contributed by atoms with van der Waals surface area (Å²) in [6, 6.07) is 5.66. The minimum atomic E-state index is -1.22. The number of aromatic nitrogens is 2. The van der Waals surface area contributed by atoms with Gasteiger partial charge in [0.25, 0.3) is 11.8 Å². The van der Waals surface area contributed by atoms with Gasteiger partial charge in [-0.3, -0.25) is 9.69 Å². The monoisotopic (exact) mass is 322 g/mol. The Hall–Kier alpha value is -2.61. The smallest absolute Gasteiger partial charge is 0.408 e. The van der Waals surface area contributed by atoms with Crippen LogP contribution >= 0.6 is 11.6 Å². The summed E-state index contributed by atoms with van der Waals surface area (Å²) < 4.78 is 5.08. The van der Waals surface area contributed by atoms with Gasteiger partial charge in [0, 0.05) is 23.7 Å². The van der Waals surface area contributed by atoms with Gasteiger partial charge in [-0.25, -0.2) is 4.79 Å². The Kier molecular flexibility index (Phi) is 3.68. The molecule has 1 aromatic heterocycles. The molecule has 1 fully saturated rings. The highest BCUT2D eigenvalue weighted by Gasteiger charge is 2.38. The summed E-state index contributed by atoms with van der Waals surface area (Å²) in [5.74, 6) is -0.328. The van der Waals surface area contributed by atoms with Crippen LogP contribution in [0.2, 0.25) is 5.02 Å². The molecule has 0 saturated carbocycles. The van der Waals surface area contributed by atoms with Gasteiger partial charge in [0.05, 0.1) is 0 Å². The lowest BCUT2D eigenvalue weighted by Gasteiger charge is -2.30. The van der Waals surface area contributed by atoms with Crippen LogP contribution in [-0.4, -0.2) is 45.2 Å². The van der Waals surface area contributed by atoms with E-state index in [0.717, 1.165) is 4.90 Å². The number of carboxylic acid groups (broad SMARTS) is 1. The summed E-state index contributed by atoms with van der Waals surface area (Å²) >= 11 is 5.90. The first-order valence-corrected chi connectivity index (χ1v) is 6.81. The van der Waals surface area contributed by atoms with Gasteiger partial charge in [-0.15, -0.1) is 0 Å². The number of hydrogen-bond donors (Lipinski definition) is 2. The Morgan fingerprint density at radius 1 is 1.50 bits per heavy atom. The second kappa shape index (κ2) is 5.64. The summed E-state index contributed by atoms with van der Waals surface area (Å²) in [5, 5.41) is 16.1. The Morgan fingerprint density at radius 3 is 3.05 bits per heavy atom. The van der Waals surface area contributed by atoms with Crippen molar-refractivity contribution in [3.05, 3.63) is 35.2 Å². The first kappa shape index (κ1) is 14.3.